The maximum Gasteiger partial charge on any atom is 0.248 e. The number of hydrogen-bond donors (Lipinski definition) is 0. The van der Waals surface area contributed by atoms with Gasteiger partial charge in [0.2, 0.25) is 5.91 Å². The van der Waals surface area contributed by atoms with Gasteiger partial charge in [-0.05, 0) is 30.5 Å². The van der Waals surface area contributed by atoms with E-state index < -0.39 is 0 Å². The zero-order valence-electron chi connectivity index (χ0n) is 11.3. The molecule has 1 fully saturated rings. The summed E-state index contributed by atoms with van der Waals surface area (Å²) in [5, 5.41) is 0.754. The van der Waals surface area contributed by atoms with E-state index in [4.69, 9.17) is 16.3 Å². The van der Waals surface area contributed by atoms with Gasteiger partial charge in [-0.1, -0.05) is 30.2 Å². The topological polar surface area (TPSA) is 29.5 Å². The summed E-state index contributed by atoms with van der Waals surface area (Å²) in [6.07, 6.45) is 3.35. The first-order valence-corrected chi connectivity index (χ1v) is 7.10. The fourth-order valence-electron chi connectivity index (χ4n) is 2.59. The lowest BCUT2D eigenvalue weighted by atomic mass is 9.94. The molecule has 1 saturated heterocycles. The van der Waals surface area contributed by atoms with Crippen LogP contribution < -0.4 is 0 Å². The van der Waals surface area contributed by atoms with Gasteiger partial charge in [0.1, 0.15) is 6.61 Å². The van der Waals surface area contributed by atoms with Crippen molar-refractivity contribution in [1.82, 2.24) is 4.90 Å². The van der Waals surface area contributed by atoms with Gasteiger partial charge >= 0.3 is 0 Å². The summed E-state index contributed by atoms with van der Waals surface area (Å²) in [5.74, 6) is 0.490. The van der Waals surface area contributed by atoms with Crippen LogP contribution >= 0.6 is 11.6 Å². The van der Waals surface area contributed by atoms with Crippen molar-refractivity contribution in [1.29, 1.82) is 0 Å². The molecule has 1 heterocycles. The number of likely N-dealkylation sites (tertiary alicyclic amines) is 1. The van der Waals surface area contributed by atoms with Crippen molar-refractivity contribution >= 4 is 17.5 Å². The number of nitrogens with zero attached hydrogens (tertiary/aromatic N) is 1. The lowest BCUT2D eigenvalue weighted by molar-refractivity contribution is -0.135. The first-order chi connectivity index (χ1) is 9.20. The van der Waals surface area contributed by atoms with E-state index >= 15 is 0 Å². The Balaban J connectivity index is 2.07. The highest BCUT2D eigenvalue weighted by Crippen LogP contribution is 2.27. The molecule has 2 rings (SSSR count). The molecular weight excluding hydrogens is 262 g/mol. The second kappa shape index (κ2) is 6.92. The van der Waals surface area contributed by atoms with Crippen molar-refractivity contribution in [3.63, 3.8) is 0 Å². The molecule has 1 aliphatic heterocycles. The third-order valence-electron chi connectivity index (χ3n) is 3.63. The second-order valence-electron chi connectivity index (χ2n) is 5.02. The molecule has 1 aliphatic rings. The van der Waals surface area contributed by atoms with Gasteiger partial charge in [0.05, 0.1) is 0 Å². The first kappa shape index (κ1) is 14.4. The van der Waals surface area contributed by atoms with Crippen LogP contribution in [0.4, 0.5) is 0 Å². The Morgan fingerprint density at radius 3 is 2.79 bits per heavy atom. The number of ether oxygens (including phenoxy) is 1. The van der Waals surface area contributed by atoms with Crippen molar-refractivity contribution in [2.45, 2.75) is 25.2 Å². The van der Waals surface area contributed by atoms with E-state index in [-0.39, 0.29) is 12.5 Å². The molecular formula is C15H20ClNO2. The van der Waals surface area contributed by atoms with Crippen LogP contribution in [0.15, 0.2) is 24.3 Å². The molecule has 4 heteroatoms. The highest BCUT2D eigenvalue weighted by molar-refractivity contribution is 6.30. The molecule has 0 aliphatic carbocycles. The molecule has 1 aromatic rings. The van der Waals surface area contributed by atoms with Crippen molar-refractivity contribution in [3.8, 4) is 0 Å². The number of carbonyl (C=O) groups is 1. The molecule has 104 valence electrons. The Kier molecular flexibility index (Phi) is 5.23. The zero-order valence-corrected chi connectivity index (χ0v) is 12.0. The van der Waals surface area contributed by atoms with E-state index in [1.165, 1.54) is 5.56 Å². The van der Waals surface area contributed by atoms with Crippen molar-refractivity contribution < 1.29 is 9.53 Å². The summed E-state index contributed by atoms with van der Waals surface area (Å²) < 4.78 is 4.95. The Labute approximate surface area is 119 Å². The number of carbonyl (C=O) groups excluding carboxylic acids is 1. The maximum atomic E-state index is 12.0. The minimum atomic E-state index is 0.0864. The lowest BCUT2D eigenvalue weighted by Crippen LogP contribution is -2.36. The van der Waals surface area contributed by atoms with Crippen LogP contribution in [0.1, 0.15) is 30.7 Å². The highest BCUT2D eigenvalue weighted by atomic mass is 35.5. The number of benzene rings is 1. The minimum Gasteiger partial charge on any atom is -0.375 e. The van der Waals surface area contributed by atoms with Crippen LogP contribution in [0, 0.1) is 0 Å². The third-order valence-corrected chi connectivity index (χ3v) is 3.89. The number of amides is 1. The van der Waals surface area contributed by atoms with Crippen LogP contribution in [-0.4, -0.2) is 37.6 Å². The number of rotatable bonds is 3. The van der Waals surface area contributed by atoms with Crippen LogP contribution in [0.5, 0.6) is 0 Å². The first-order valence-electron chi connectivity index (χ1n) is 6.73. The van der Waals surface area contributed by atoms with Gasteiger partial charge in [-0.3, -0.25) is 4.79 Å². The smallest absolute Gasteiger partial charge is 0.248 e. The predicted molar refractivity (Wildman–Crippen MR) is 76.5 cm³/mol. The fraction of sp³-hybridized carbons (Fsp3) is 0.533. The molecule has 0 spiro atoms. The molecule has 0 N–H and O–H groups in total. The Morgan fingerprint density at radius 2 is 2.11 bits per heavy atom. The SMILES string of the molecule is COCC(=O)N1CCCC[C@H](c2ccc(Cl)cc2)C1. The number of halogens is 1. The molecule has 19 heavy (non-hydrogen) atoms. The largest absolute Gasteiger partial charge is 0.375 e. The molecule has 1 amide bonds. The standard InChI is InChI=1S/C15H20ClNO2/c1-19-11-15(18)17-9-3-2-4-13(10-17)12-5-7-14(16)8-6-12/h5-8,13H,2-4,9-11H2,1H3/t13-/m0/s1. The van der Waals surface area contributed by atoms with Crippen LogP contribution in [-0.2, 0) is 9.53 Å². The van der Waals surface area contributed by atoms with Crippen molar-refractivity contribution in [2.24, 2.45) is 0 Å². The quantitative estimate of drug-likeness (QED) is 0.852. The molecule has 1 aromatic carbocycles. The van der Waals surface area contributed by atoms with E-state index in [1.54, 1.807) is 7.11 Å². The monoisotopic (exact) mass is 281 g/mol. The lowest BCUT2D eigenvalue weighted by Gasteiger charge is -2.24. The van der Waals surface area contributed by atoms with Gasteiger partial charge < -0.3 is 9.64 Å². The van der Waals surface area contributed by atoms with Gasteiger partial charge in [-0.15, -0.1) is 0 Å². The van der Waals surface area contributed by atoms with Crippen molar-refractivity contribution in [3.05, 3.63) is 34.9 Å². The van der Waals surface area contributed by atoms with Gasteiger partial charge in [0.15, 0.2) is 0 Å². The average Bonchev–Trinajstić information content (AvgIpc) is 2.66. The fourth-order valence-corrected chi connectivity index (χ4v) is 2.72. The van der Waals surface area contributed by atoms with E-state index in [1.807, 2.05) is 17.0 Å². The molecule has 0 bridgehead atoms. The second-order valence-corrected chi connectivity index (χ2v) is 5.45. The molecule has 1 atom stereocenters. The Morgan fingerprint density at radius 1 is 1.37 bits per heavy atom. The van der Waals surface area contributed by atoms with Gasteiger partial charge in [-0.25, -0.2) is 0 Å². The summed E-state index contributed by atoms with van der Waals surface area (Å²) in [6.45, 7) is 1.80. The van der Waals surface area contributed by atoms with Crippen LogP contribution in [0.3, 0.4) is 0 Å². The van der Waals surface area contributed by atoms with Crippen LogP contribution in [0.2, 0.25) is 5.02 Å². The average molecular weight is 282 g/mol. The third kappa shape index (κ3) is 3.95. The predicted octanol–water partition coefficient (Wildman–Crippen LogP) is 3.08. The summed E-state index contributed by atoms with van der Waals surface area (Å²) in [4.78, 5) is 13.9. The molecule has 3 nitrogen and oxygen atoms in total. The van der Waals surface area contributed by atoms with Gasteiger partial charge in [0.25, 0.3) is 0 Å². The van der Waals surface area contributed by atoms with E-state index in [0.717, 1.165) is 37.4 Å². The maximum absolute atomic E-state index is 12.0. The Bertz CT molecular complexity index is 419. The van der Waals surface area contributed by atoms with E-state index in [9.17, 15) is 4.79 Å². The minimum absolute atomic E-state index is 0.0864. The highest BCUT2D eigenvalue weighted by Gasteiger charge is 2.22. The zero-order chi connectivity index (χ0) is 13.7. The molecule has 0 radical (unpaired) electrons. The number of hydrogen-bond acceptors (Lipinski definition) is 2. The molecule has 0 saturated carbocycles. The number of methoxy groups -OCH3 is 1. The summed E-state index contributed by atoms with van der Waals surface area (Å²) in [7, 11) is 1.56. The van der Waals surface area contributed by atoms with Crippen LogP contribution in [0.25, 0.3) is 0 Å². The summed E-state index contributed by atoms with van der Waals surface area (Å²) in [6, 6.07) is 7.97. The van der Waals surface area contributed by atoms with Gasteiger partial charge in [-0.2, -0.15) is 0 Å². The normalized spacial score (nSPS) is 20.1. The summed E-state index contributed by atoms with van der Waals surface area (Å²) in [5.41, 5.74) is 1.27. The van der Waals surface area contributed by atoms with E-state index in [0.29, 0.717) is 5.92 Å². The van der Waals surface area contributed by atoms with E-state index in [2.05, 4.69) is 12.1 Å². The molecule has 0 unspecified atom stereocenters. The Hall–Kier alpha value is -1.06. The van der Waals surface area contributed by atoms with Crippen molar-refractivity contribution in [2.75, 3.05) is 26.8 Å². The molecule has 0 aromatic heterocycles. The van der Waals surface area contributed by atoms with Gasteiger partial charge in [0, 0.05) is 31.1 Å². The summed E-state index contributed by atoms with van der Waals surface area (Å²) >= 11 is 5.92.